The summed E-state index contributed by atoms with van der Waals surface area (Å²) in [4.78, 5) is 0. The van der Waals surface area contributed by atoms with Crippen LogP contribution in [-0.2, 0) is 6.42 Å². The van der Waals surface area contributed by atoms with Crippen LogP contribution in [0.3, 0.4) is 0 Å². The number of phenolic OH excluding ortho intramolecular Hbond substituents is 1. The van der Waals surface area contributed by atoms with Crippen LogP contribution in [0.5, 0.6) is 5.75 Å². The standard InChI is InChI=1S/C13H20O2S/c1-10(2)8-16-9-13(15)7-11-4-3-5-12(14)6-11/h3-6,10,13-15H,7-9H2,1-2H3. The number of thioether (sulfide) groups is 1. The van der Waals surface area contributed by atoms with E-state index < -0.39 is 0 Å². The Morgan fingerprint density at radius 2 is 2.00 bits per heavy atom. The first-order valence-electron chi connectivity index (χ1n) is 5.61. The highest BCUT2D eigenvalue weighted by molar-refractivity contribution is 7.99. The number of aliphatic hydroxyl groups excluding tert-OH is 1. The van der Waals surface area contributed by atoms with Crippen molar-refractivity contribution in [1.82, 2.24) is 0 Å². The zero-order valence-corrected chi connectivity index (χ0v) is 10.7. The van der Waals surface area contributed by atoms with Crippen LogP contribution in [-0.4, -0.2) is 27.8 Å². The van der Waals surface area contributed by atoms with Crippen molar-refractivity contribution in [2.75, 3.05) is 11.5 Å². The largest absolute Gasteiger partial charge is 0.508 e. The molecule has 1 aromatic rings. The molecule has 3 heteroatoms. The average molecular weight is 240 g/mol. The minimum atomic E-state index is -0.328. The van der Waals surface area contributed by atoms with Gasteiger partial charge in [0.25, 0.3) is 0 Å². The number of aromatic hydroxyl groups is 1. The number of phenols is 1. The second-order valence-corrected chi connectivity index (χ2v) is 5.53. The molecule has 90 valence electrons. The Hall–Kier alpha value is -0.670. The summed E-state index contributed by atoms with van der Waals surface area (Å²) in [5.41, 5.74) is 0.984. The maximum Gasteiger partial charge on any atom is 0.115 e. The topological polar surface area (TPSA) is 40.5 Å². The van der Waals surface area contributed by atoms with Gasteiger partial charge in [0.1, 0.15) is 5.75 Å². The van der Waals surface area contributed by atoms with E-state index in [0.717, 1.165) is 17.1 Å². The fraction of sp³-hybridized carbons (Fsp3) is 0.538. The first kappa shape index (κ1) is 13.4. The predicted molar refractivity (Wildman–Crippen MR) is 70.0 cm³/mol. The van der Waals surface area contributed by atoms with Crippen molar-refractivity contribution in [1.29, 1.82) is 0 Å². The van der Waals surface area contributed by atoms with Gasteiger partial charge in [-0.2, -0.15) is 11.8 Å². The molecule has 0 amide bonds. The van der Waals surface area contributed by atoms with E-state index in [1.807, 2.05) is 6.07 Å². The molecule has 0 aromatic heterocycles. The zero-order valence-electron chi connectivity index (χ0n) is 9.89. The Morgan fingerprint density at radius 3 is 2.62 bits per heavy atom. The van der Waals surface area contributed by atoms with Gasteiger partial charge in [-0.25, -0.2) is 0 Å². The summed E-state index contributed by atoms with van der Waals surface area (Å²) in [6.07, 6.45) is 0.282. The van der Waals surface area contributed by atoms with Crippen molar-refractivity contribution in [3.63, 3.8) is 0 Å². The molecule has 0 saturated heterocycles. The predicted octanol–water partition coefficient (Wildman–Crippen LogP) is 2.68. The summed E-state index contributed by atoms with van der Waals surface area (Å²) in [7, 11) is 0. The molecule has 0 aliphatic heterocycles. The Bertz CT molecular complexity index is 313. The van der Waals surface area contributed by atoms with Crippen molar-refractivity contribution in [2.45, 2.75) is 26.4 Å². The van der Waals surface area contributed by atoms with Crippen LogP contribution in [0.15, 0.2) is 24.3 Å². The Balaban J connectivity index is 2.31. The van der Waals surface area contributed by atoms with Gasteiger partial charge in [0.2, 0.25) is 0 Å². The molecular formula is C13H20O2S. The van der Waals surface area contributed by atoms with E-state index in [4.69, 9.17) is 0 Å². The molecule has 16 heavy (non-hydrogen) atoms. The van der Waals surface area contributed by atoms with Crippen LogP contribution in [0.1, 0.15) is 19.4 Å². The van der Waals surface area contributed by atoms with Crippen LogP contribution in [0.25, 0.3) is 0 Å². The molecule has 1 aromatic carbocycles. The number of rotatable bonds is 6. The van der Waals surface area contributed by atoms with Gasteiger partial charge < -0.3 is 10.2 Å². The van der Waals surface area contributed by atoms with E-state index in [0.29, 0.717) is 12.3 Å². The lowest BCUT2D eigenvalue weighted by molar-refractivity contribution is 0.200. The number of aliphatic hydroxyl groups is 1. The maximum atomic E-state index is 9.80. The second-order valence-electron chi connectivity index (χ2n) is 4.46. The van der Waals surface area contributed by atoms with Crippen LogP contribution in [0.4, 0.5) is 0 Å². The molecule has 0 bridgehead atoms. The minimum absolute atomic E-state index is 0.263. The summed E-state index contributed by atoms with van der Waals surface area (Å²) < 4.78 is 0. The Morgan fingerprint density at radius 1 is 1.25 bits per heavy atom. The van der Waals surface area contributed by atoms with Crippen molar-refractivity contribution >= 4 is 11.8 Å². The van der Waals surface area contributed by atoms with E-state index in [-0.39, 0.29) is 11.9 Å². The van der Waals surface area contributed by atoms with Gasteiger partial charge in [-0.15, -0.1) is 0 Å². The maximum absolute atomic E-state index is 9.80. The van der Waals surface area contributed by atoms with Gasteiger partial charge in [0.05, 0.1) is 6.10 Å². The fourth-order valence-electron chi connectivity index (χ4n) is 1.45. The summed E-state index contributed by atoms with van der Waals surface area (Å²) in [5, 5.41) is 19.1. The lowest BCUT2D eigenvalue weighted by Crippen LogP contribution is -2.14. The molecule has 1 unspecified atom stereocenters. The van der Waals surface area contributed by atoms with Crippen LogP contribution >= 0.6 is 11.8 Å². The van der Waals surface area contributed by atoms with Crippen molar-refractivity contribution in [3.05, 3.63) is 29.8 Å². The smallest absolute Gasteiger partial charge is 0.115 e. The molecule has 0 spiro atoms. The van der Waals surface area contributed by atoms with Gasteiger partial charge in [0, 0.05) is 5.75 Å². The third kappa shape index (κ3) is 5.42. The highest BCUT2D eigenvalue weighted by Gasteiger charge is 2.06. The average Bonchev–Trinajstić information content (AvgIpc) is 2.16. The second kappa shape index (κ2) is 6.81. The van der Waals surface area contributed by atoms with Gasteiger partial charge in [-0.05, 0) is 35.8 Å². The van der Waals surface area contributed by atoms with Crippen molar-refractivity contribution in [2.24, 2.45) is 5.92 Å². The van der Waals surface area contributed by atoms with E-state index in [1.54, 1.807) is 30.0 Å². The minimum Gasteiger partial charge on any atom is -0.508 e. The van der Waals surface area contributed by atoms with Crippen LogP contribution in [0.2, 0.25) is 0 Å². The quantitative estimate of drug-likeness (QED) is 0.803. The van der Waals surface area contributed by atoms with Crippen LogP contribution in [0, 0.1) is 5.92 Å². The summed E-state index contributed by atoms with van der Waals surface area (Å²) >= 11 is 1.78. The van der Waals surface area contributed by atoms with E-state index in [1.165, 1.54) is 0 Å². The normalized spacial score (nSPS) is 13.0. The summed E-state index contributed by atoms with van der Waals surface area (Å²) in [5.74, 6) is 2.77. The van der Waals surface area contributed by atoms with E-state index in [9.17, 15) is 10.2 Å². The Kier molecular flexibility index (Phi) is 5.71. The van der Waals surface area contributed by atoms with Gasteiger partial charge in [0.15, 0.2) is 0 Å². The third-order valence-corrected chi connectivity index (χ3v) is 3.67. The molecule has 0 radical (unpaired) electrons. The third-order valence-electron chi connectivity index (χ3n) is 2.14. The molecule has 0 heterocycles. The summed E-state index contributed by atoms with van der Waals surface area (Å²) in [6.45, 7) is 4.35. The molecular weight excluding hydrogens is 220 g/mol. The lowest BCUT2D eigenvalue weighted by Gasteiger charge is -2.11. The lowest BCUT2D eigenvalue weighted by atomic mass is 10.1. The molecule has 0 saturated carbocycles. The van der Waals surface area contributed by atoms with Crippen LogP contribution < -0.4 is 0 Å². The first-order valence-corrected chi connectivity index (χ1v) is 6.77. The monoisotopic (exact) mass is 240 g/mol. The van der Waals surface area contributed by atoms with Gasteiger partial charge in [-0.1, -0.05) is 26.0 Å². The molecule has 2 N–H and O–H groups in total. The molecule has 0 fully saturated rings. The van der Waals surface area contributed by atoms with Crippen molar-refractivity contribution < 1.29 is 10.2 Å². The zero-order chi connectivity index (χ0) is 12.0. The number of benzene rings is 1. The molecule has 1 atom stereocenters. The highest BCUT2D eigenvalue weighted by atomic mass is 32.2. The summed E-state index contributed by atoms with van der Waals surface area (Å²) in [6, 6.07) is 7.08. The molecule has 1 rings (SSSR count). The van der Waals surface area contributed by atoms with Crippen molar-refractivity contribution in [3.8, 4) is 5.75 Å². The SMILES string of the molecule is CC(C)CSCC(O)Cc1cccc(O)c1. The number of hydrogen-bond acceptors (Lipinski definition) is 3. The highest BCUT2D eigenvalue weighted by Crippen LogP contribution is 2.15. The fourth-order valence-corrected chi connectivity index (χ4v) is 2.45. The first-order chi connectivity index (χ1) is 7.58. The molecule has 2 nitrogen and oxygen atoms in total. The molecule has 0 aliphatic rings. The Labute approximate surface area is 102 Å². The van der Waals surface area contributed by atoms with E-state index in [2.05, 4.69) is 13.8 Å². The van der Waals surface area contributed by atoms with Gasteiger partial charge in [-0.3, -0.25) is 0 Å². The number of hydrogen-bond donors (Lipinski definition) is 2. The van der Waals surface area contributed by atoms with Gasteiger partial charge >= 0.3 is 0 Å². The molecule has 0 aliphatic carbocycles. The van der Waals surface area contributed by atoms with E-state index >= 15 is 0 Å².